The minimum Gasteiger partial charge on any atom is -0.435 e. The maximum Gasteiger partial charge on any atom is 0.573 e. The highest BCUT2D eigenvalue weighted by molar-refractivity contribution is 5.38. The Bertz CT molecular complexity index is 643. The van der Waals surface area contributed by atoms with Crippen molar-refractivity contribution in [3.8, 4) is 11.5 Å². The number of hydrogen-bond donors (Lipinski definition) is 1. The Morgan fingerprint density at radius 3 is 2.09 bits per heavy atom. The highest BCUT2D eigenvalue weighted by atomic mass is 19.4. The van der Waals surface area contributed by atoms with E-state index in [-0.39, 0.29) is 11.5 Å². The van der Waals surface area contributed by atoms with Gasteiger partial charge in [0.15, 0.2) is 0 Å². The Balaban J connectivity index is 2.15. The summed E-state index contributed by atoms with van der Waals surface area (Å²) in [4.78, 5) is 0. The summed E-state index contributed by atoms with van der Waals surface area (Å²) in [6, 6.07) is 10.1. The van der Waals surface area contributed by atoms with Gasteiger partial charge in [-0.15, -0.1) is 13.2 Å². The van der Waals surface area contributed by atoms with E-state index in [4.69, 9.17) is 5.73 Å². The molecule has 3 nitrogen and oxygen atoms in total. The standard InChI is InChI=1S/C15H12F5NO2/c16-14(17)22-12-3-1-2-10(8-12)13(21)9-4-6-11(7-5-9)23-15(18,19)20/h1-8,13-14H,21H2/t13-/m1/s1. The van der Waals surface area contributed by atoms with Crippen LogP contribution >= 0.6 is 0 Å². The van der Waals surface area contributed by atoms with E-state index in [1.54, 1.807) is 6.07 Å². The number of ether oxygens (including phenoxy) is 2. The van der Waals surface area contributed by atoms with Crippen molar-refractivity contribution in [2.24, 2.45) is 5.73 Å². The molecule has 0 saturated carbocycles. The van der Waals surface area contributed by atoms with Gasteiger partial charge in [-0.25, -0.2) is 0 Å². The number of halogens is 5. The van der Waals surface area contributed by atoms with E-state index in [2.05, 4.69) is 9.47 Å². The zero-order valence-electron chi connectivity index (χ0n) is 11.6. The largest absolute Gasteiger partial charge is 0.573 e. The Kier molecular flexibility index (Phi) is 5.05. The van der Waals surface area contributed by atoms with Crippen molar-refractivity contribution < 1.29 is 31.4 Å². The summed E-state index contributed by atoms with van der Waals surface area (Å²) < 4.78 is 68.7. The zero-order valence-corrected chi connectivity index (χ0v) is 11.6. The Morgan fingerprint density at radius 2 is 1.52 bits per heavy atom. The van der Waals surface area contributed by atoms with E-state index in [0.717, 1.165) is 12.1 Å². The van der Waals surface area contributed by atoms with Gasteiger partial charge in [0.2, 0.25) is 0 Å². The fraction of sp³-hybridized carbons (Fsp3) is 0.200. The number of hydrogen-bond acceptors (Lipinski definition) is 3. The van der Waals surface area contributed by atoms with E-state index in [0.29, 0.717) is 11.1 Å². The fourth-order valence-electron chi connectivity index (χ4n) is 1.95. The van der Waals surface area contributed by atoms with Gasteiger partial charge in [-0.05, 0) is 35.4 Å². The molecule has 0 aliphatic carbocycles. The topological polar surface area (TPSA) is 44.5 Å². The van der Waals surface area contributed by atoms with Gasteiger partial charge in [0.05, 0.1) is 6.04 Å². The lowest BCUT2D eigenvalue weighted by Crippen LogP contribution is -2.17. The second-order valence-electron chi connectivity index (χ2n) is 4.55. The molecule has 0 unspecified atom stereocenters. The van der Waals surface area contributed by atoms with E-state index in [1.165, 1.54) is 30.3 Å². The summed E-state index contributed by atoms with van der Waals surface area (Å²) in [5.74, 6) is -0.423. The van der Waals surface area contributed by atoms with Crippen LogP contribution in [0, 0.1) is 0 Å². The molecule has 8 heteroatoms. The lowest BCUT2D eigenvalue weighted by molar-refractivity contribution is -0.274. The maximum absolute atomic E-state index is 12.2. The molecular formula is C15H12F5NO2. The molecule has 124 valence electrons. The third-order valence-electron chi connectivity index (χ3n) is 2.92. The lowest BCUT2D eigenvalue weighted by Gasteiger charge is -2.15. The molecule has 0 aliphatic rings. The van der Waals surface area contributed by atoms with Gasteiger partial charge in [0, 0.05) is 0 Å². The van der Waals surface area contributed by atoms with Crippen LogP contribution in [0.25, 0.3) is 0 Å². The van der Waals surface area contributed by atoms with E-state index >= 15 is 0 Å². The minimum absolute atomic E-state index is 0.0509. The number of nitrogens with two attached hydrogens (primary N) is 1. The van der Waals surface area contributed by atoms with Gasteiger partial charge in [-0.2, -0.15) is 8.78 Å². The highest BCUT2D eigenvalue weighted by Gasteiger charge is 2.31. The predicted molar refractivity (Wildman–Crippen MR) is 72.2 cm³/mol. The SMILES string of the molecule is N[C@H](c1ccc(OC(F)(F)F)cc1)c1cccc(OC(F)F)c1. The molecule has 2 rings (SSSR count). The molecule has 0 amide bonds. The van der Waals surface area contributed by atoms with Gasteiger partial charge >= 0.3 is 13.0 Å². The molecule has 0 aromatic heterocycles. The first-order valence-electron chi connectivity index (χ1n) is 6.40. The summed E-state index contributed by atoms with van der Waals surface area (Å²) in [6.45, 7) is -2.96. The molecule has 2 aromatic carbocycles. The summed E-state index contributed by atoms with van der Waals surface area (Å²) in [5.41, 5.74) is 6.96. The number of alkyl halides is 5. The van der Waals surface area contributed by atoms with Gasteiger partial charge in [0.1, 0.15) is 11.5 Å². The summed E-state index contributed by atoms with van der Waals surface area (Å²) in [5, 5.41) is 0. The Hall–Kier alpha value is -2.35. The van der Waals surface area contributed by atoms with Crippen LogP contribution < -0.4 is 15.2 Å². The molecule has 0 radical (unpaired) electrons. The van der Waals surface area contributed by atoms with Crippen LogP contribution in [-0.4, -0.2) is 13.0 Å². The minimum atomic E-state index is -4.77. The quantitative estimate of drug-likeness (QED) is 0.833. The molecule has 0 heterocycles. The molecule has 0 fully saturated rings. The monoisotopic (exact) mass is 333 g/mol. The maximum atomic E-state index is 12.2. The predicted octanol–water partition coefficient (Wildman–Crippen LogP) is 4.23. The molecule has 23 heavy (non-hydrogen) atoms. The van der Waals surface area contributed by atoms with Crippen LogP contribution in [0.15, 0.2) is 48.5 Å². The van der Waals surface area contributed by atoms with Crippen LogP contribution in [0.2, 0.25) is 0 Å². The summed E-state index contributed by atoms with van der Waals surface area (Å²) in [6.07, 6.45) is -4.77. The fourth-order valence-corrected chi connectivity index (χ4v) is 1.95. The van der Waals surface area contributed by atoms with Gasteiger partial charge in [-0.1, -0.05) is 24.3 Å². The molecule has 1 atom stereocenters. The van der Waals surface area contributed by atoms with E-state index < -0.39 is 19.0 Å². The zero-order chi connectivity index (χ0) is 17.0. The molecule has 0 aliphatic heterocycles. The van der Waals surface area contributed by atoms with E-state index in [1.807, 2.05) is 0 Å². The first-order valence-corrected chi connectivity index (χ1v) is 6.40. The third kappa shape index (κ3) is 5.10. The first kappa shape index (κ1) is 17.0. The van der Waals surface area contributed by atoms with Crippen molar-refractivity contribution >= 4 is 0 Å². The van der Waals surface area contributed by atoms with Crippen molar-refractivity contribution in [3.63, 3.8) is 0 Å². The molecule has 0 bridgehead atoms. The molecule has 0 spiro atoms. The highest BCUT2D eigenvalue weighted by Crippen LogP contribution is 2.27. The number of rotatable bonds is 5. The van der Waals surface area contributed by atoms with Crippen LogP contribution in [0.3, 0.4) is 0 Å². The Morgan fingerprint density at radius 1 is 0.870 bits per heavy atom. The van der Waals surface area contributed by atoms with Gasteiger partial charge in [0.25, 0.3) is 0 Å². The van der Waals surface area contributed by atoms with Crippen molar-refractivity contribution in [3.05, 3.63) is 59.7 Å². The van der Waals surface area contributed by atoms with E-state index in [9.17, 15) is 22.0 Å². The van der Waals surface area contributed by atoms with Gasteiger partial charge < -0.3 is 15.2 Å². The van der Waals surface area contributed by atoms with Crippen molar-refractivity contribution in [2.75, 3.05) is 0 Å². The van der Waals surface area contributed by atoms with Crippen molar-refractivity contribution in [1.29, 1.82) is 0 Å². The molecular weight excluding hydrogens is 321 g/mol. The number of benzene rings is 2. The third-order valence-corrected chi connectivity index (χ3v) is 2.92. The normalized spacial score (nSPS) is 13.0. The molecule has 0 saturated heterocycles. The smallest absolute Gasteiger partial charge is 0.435 e. The summed E-state index contributed by atoms with van der Waals surface area (Å²) in [7, 11) is 0. The molecule has 2 aromatic rings. The van der Waals surface area contributed by atoms with Crippen LogP contribution in [0.5, 0.6) is 11.5 Å². The summed E-state index contributed by atoms with van der Waals surface area (Å²) >= 11 is 0. The van der Waals surface area contributed by atoms with Crippen LogP contribution in [0.4, 0.5) is 22.0 Å². The van der Waals surface area contributed by atoms with Crippen LogP contribution in [0.1, 0.15) is 17.2 Å². The second-order valence-corrected chi connectivity index (χ2v) is 4.55. The lowest BCUT2D eigenvalue weighted by atomic mass is 9.99. The average Bonchev–Trinajstić information content (AvgIpc) is 2.45. The molecule has 2 N–H and O–H groups in total. The van der Waals surface area contributed by atoms with Gasteiger partial charge in [-0.3, -0.25) is 0 Å². The second kappa shape index (κ2) is 6.82. The average molecular weight is 333 g/mol. The van der Waals surface area contributed by atoms with Crippen molar-refractivity contribution in [2.45, 2.75) is 19.0 Å². The van der Waals surface area contributed by atoms with Crippen molar-refractivity contribution in [1.82, 2.24) is 0 Å². The first-order chi connectivity index (χ1) is 10.7. The Labute approximate surface area is 128 Å². The van der Waals surface area contributed by atoms with Crippen LogP contribution in [-0.2, 0) is 0 Å².